The molecule has 128 valence electrons. The Labute approximate surface area is 152 Å². The molecule has 0 aliphatic heterocycles. The molecule has 2 aromatic heterocycles. The third-order valence-corrected chi connectivity index (χ3v) is 4.27. The molecule has 0 radical (unpaired) electrons. The maximum Gasteiger partial charge on any atom is 0.221 e. The number of nitrogens with two attached hydrogens (primary N) is 1. The number of aromatic nitrogens is 3. The van der Waals surface area contributed by atoms with Gasteiger partial charge in [0.2, 0.25) is 5.95 Å². The fourth-order valence-corrected chi connectivity index (χ4v) is 3.06. The van der Waals surface area contributed by atoms with E-state index in [1.807, 2.05) is 68.7 Å². The van der Waals surface area contributed by atoms with E-state index < -0.39 is 0 Å². The fraction of sp³-hybridized carbons (Fsp3) is 0.0952. The molecule has 0 amide bonds. The average molecular weight is 341 g/mol. The molecular formula is C21H19N5. The Balaban J connectivity index is 1.97. The zero-order valence-electron chi connectivity index (χ0n) is 14.7. The summed E-state index contributed by atoms with van der Waals surface area (Å²) in [7, 11) is 4.05. The average Bonchev–Trinajstić information content (AvgIpc) is 2.67. The molecule has 26 heavy (non-hydrogen) atoms. The highest BCUT2D eigenvalue weighted by atomic mass is 15.1. The fourth-order valence-electron chi connectivity index (χ4n) is 3.06. The Bertz CT molecular complexity index is 1070. The van der Waals surface area contributed by atoms with Gasteiger partial charge in [-0.25, -0.2) is 15.0 Å². The van der Waals surface area contributed by atoms with Crippen LogP contribution in [0.1, 0.15) is 0 Å². The molecular weight excluding hydrogens is 322 g/mol. The van der Waals surface area contributed by atoms with Gasteiger partial charge < -0.3 is 10.6 Å². The number of nitrogen functional groups attached to an aromatic ring is 1. The summed E-state index contributed by atoms with van der Waals surface area (Å²) < 4.78 is 0. The van der Waals surface area contributed by atoms with E-state index in [1.165, 1.54) is 0 Å². The van der Waals surface area contributed by atoms with E-state index in [4.69, 9.17) is 10.7 Å². The maximum atomic E-state index is 5.92. The van der Waals surface area contributed by atoms with Crippen LogP contribution in [0.3, 0.4) is 0 Å². The number of para-hydroxylation sites is 1. The van der Waals surface area contributed by atoms with Gasteiger partial charge in [0.25, 0.3) is 0 Å². The zero-order chi connectivity index (χ0) is 18.1. The number of rotatable bonds is 3. The molecule has 2 aromatic carbocycles. The molecule has 0 unspecified atom stereocenters. The van der Waals surface area contributed by atoms with E-state index in [9.17, 15) is 0 Å². The minimum Gasteiger partial charge on any atom is -0.377 e. The van der Waals surface area contributed by atoms with Gasteiger partial charge in [-0.2, -0.15) is 0 Å². The number of hydrogen-bond donors (Lipinski definition) is 1. The molecule has 0 atom stereocenters. The van der Waals surface area contributed by atoms with E-state index >= 15 is 0 Å². The molecule has 4 aromatic rings. The van der Waals surface area contributed by atoms with Gasteiger partial charge in [-0.05, 0) is 18.2 Å². The van der Waals surface area contributed by atoms with E-state index in [0.717, 1.165) is 39.2 Å². The second-order valence-electron chi connectivity index (χ2n) is 6.27. The Morgan fingerprint density at radius 1 is 0.769 bits per heavy atom. The van der Waals surface area contributed by atoms with E-state index in [0.29, 0.717) is 0 Å². The third-order valence-electron chi connectivity index (χ3n) is 4.27. The van der Waals surface area contributed by atoms with Crippen LogP contribution in [0.4, 0.5) is 11.6 Å². The van der Waals surface area contributed by atoms with Crippen molar-refractivity contribution in [3.8, 4) is 22.5 Å². The van der Waals surface area contributed by atoms with Crippen LogP contribution in [0.15, 0.2) is 66.7 Å². The van der Waals surface area contributed by atoms with Gasteiger partial charge in [0, 0.05) is 30.9 Å². The van der Waals surface area contributed by atoms with Crippen molar-refractivity contribution in [3.63, 3.8) is 0 Å². The highest BCUT2D eigenvalue weighted by Gasteiger charge is 2.13. The number of hydrogen-bond acceptors (Lipinski definition) is 5. The molecule has 0 bridgehead atoms. The number of pyridine rings is 1. The van der Waals surface area contributed by atoms with Gasteiger partial charge in [0.1, 0.15) is 11.2 Å². The first-order chi connectivity index (χ1) is 12.6. The van der Waals surface area contributed by atoms with Gasteiger partial charge in [0.15, 0.2) is 0 Å². The highest BCUT2D eigenvalue weighted by molar-refractivity contribution is 5.92. The molecule has 2 heterocycles. The van der Waals surface area contributed by atoms with Crippen LogP contribution in [0.2, 0.25) is 0 Å². The predicted molar refractivity (Wildman–Crippen MR) is 107 cm³/mol. The normalized spacial score (nSPS) is 10.8. The smallest absolute Gasteiger partial charge is 0.221 e. The first-order valence-corrected chi connectivity index (χ1v) is 8.40. The third kappa shape index (κ3) is 2.84. The molecule has 4 rings (SSSR count). The lowest BCUT2D eigenvalue weighted by atomic mass is 10.1. The van der Waals surface area contributed by atoms with Crippen molar-refractivity contribution >= 4 is 22.7 Å². The lowest BCUT2D eigenvalue weighted by Crippen LogP contribution is -2.10. The van der Waals surface area contributed by atoms with Crippen molar-refractivity contribution in [2.24, 2.45) is 0 Å². The minimum absolute atomic E-state index is 0.250. The summed E-state index contributed by atoms with van der Waals surface area (Å²) in [5.41, 5.74) is 12.2. The van der Waals surface area contributed by atoms with Crippen molar-refractivity contribution in [1.29, 1.82) is 0 Å². The van der Waals surface area contributed by atoms with E-state index in [1.54, 1.807) is 0 Å². The summed E-state index contributed by atoms with van der Waals surface area (Å²) in [6, 6.07) is 22.1. The molecule has 5 nitrogen and oxygen atoms in total. The topological polar surface area (TPSA) is 67.9 Å². The second-order valence-corrected chi connectivity index (χ2v) is 6.27. The molecule has 0 aliphatic rings. The number of benzene rings is 2. The summed E-state index contributed by atoms with van der Waals surface area (Å²) in [6.07, 6.45) is 0. The monoisotopic (exact) mass is 341 g/mol. The van der Waals surface area contributed by atoms with Gasteiger partial charge in [-0.15, -0.1) is 0 Å². The first kappa shape index (κ1) is 16.0. The van der Waals surface area contributed by atoms with E-state index in [-0.39, 0.29) is 5.95 Å². The van der Waals surface area contributed by atoms with Crippen molar-refractivity contribution in [1.82, 2.24) is 15.0 Å². The van der Waals surface area contributed by atoms with Gasteiger partial charge in [0.05, 0.1) is 11.2 Å². The number of nitrogens with zero attached hydrogens (tertiary/aromatic N) is 4. The maximum absolute atomic E-state index is 5.92. The molecule has 0 saturated heterocycles. The van der Waals surface area contributed by atoms with Gasteiger partial charge >= 0.3 is 0 Å². The molecule has 0 spiro atoms. The highest BCUT2D eigenvalue weighted by Crippen LogP contribution is 2.32. The summed E-state index contributed by atoms with van der Waals surface area (Å²) in [5.74, 6) is 0.250. The van der Waals surface area contributed by atoms with Gasteiger partial charge in [-0.3, -0.25) is 0 Å². The van der Waals surface area contributed by atoms with Crippen LogP contribution in [0.5, 0.6) is 0 Å². The molecule has 0 saturated carbocycles. The predicted octanol–water partition coefficient (Wildman–Crippen LogP) is 4.01. The lowest BCUT2D eigenvalue weighted by Gasteiger charge is -2.17. The van der Waals surface area contributed by atoms with Crippen molar-refractivity contribution < 1.29 is 0 Å². The molecule has 0 fully saturated rings. The van der Waals surface area contributed by atoms with Crippen LogP contribution >= 0.6 is 0 Å². The van der Waals surface area contributed by atoms with Crippen LogP contribution in [0.25, 0.3) is 33.5 Å². The molecule has 5 heteroatoms. The second kappa shape index (κ2) is 6.44. The SMILES string of the molecule is CN(C)c1ccccc1-c1ccc2nc(N)nc(-c3ccccc3)c2n1. The van der Waals surface area contributed by atoms with E-state index in [2.05, 4.69) is 27.0 Å². The van der Waals surface area contributed by atoms with Crippen LogP contribution < -0.4 is 10.6 Å². The zero-order valence-corrected chi connectivity index (χ0v) is 14.7. The molecule has 2 N–H and O–H groups in total. The lowest BCUT2D eigenvalue weighted by molar-refractivity contribution is 1.13. The van der Waals surface area contributed by atoms with Crippen molar-refractivity contribution in [2.75, 3.05) is 24.7 Å². The Morgan fingerprint density at radius 3 is 2.27 bits per heavy atom. The quantitative estimate of drug-likeness (QED) is 0.610. The Morgan fingerprint density at radius 2 is 1.50 bits per heavy atom. The summed E-state index contributed by atoms with van der Waals surface area (Å²) in [6.45, 7) is 0. The van der Waals surface area contributed by atoms with Crippen molar-refractivity contribution in [3.05, 3.63) is 66.7 Å². The number of anilines is 2. The Kier molecular flexibility index (Phi) is 3.97. The Hall–Kier alpha value is -3.47. The van der Waals surface area contributed by atoms with Crippen molar-refractivity contribution in [2.45, 2.75) is 0 Å². The van der Waals surface area contributed by atoms with Crippen LogP contribution in [-0.4, -0.2) is 29.0 Å². The van der Waals surface area contributed by atoms with Crippen LogP contribution in [-0.2, 0) is 0 Å². The molecule has 0 aliphatic carbocycles. The van der Waals surface area contributed by atoms with Crippen LogP contribution in [0, 0.1) is 0 Å². The summed E-state index contributed by atoms with van der Waals surface area (Å²) in [4.78, 5) is 15.8. The first-order valence-electron chi connectivity index (χ1n) is 8.40. The number of fused-ring (bicyclic) bond motifs is 1. The standard InChI is InChI=1S/C21H19N5/c1-26(2)18-11-7-6-10-15(18)16-12-13-17-20(23-16)19(25-21(22)24-17)14-8-4-3-5-9-14/h3-13H,1-2H3,(H2,22,24,25). The summed E-state index contributed by atoms with van der Waals surface area (Å²) >= 11 is 0. The summed E-state index contributed by atoms with van der Waals surface area (Å²) in [5, 5.41) is 0. The van der Waals surface area contributed by atoms with Gasteiger partial charge in [-0.1, -0.05) is 48.5 Å². The largest absolute Gasteiger partial charge is 0.377 e. The minimum atomic E-state index is 0.250.